The Hall–Kier alpha value is -0.920. The van der Waals surface area contributed by atoms with Gasteiger partial charge in [-0.2, -0.15) is 5.10 Å². The molecule has 1 heterocycles. The number of hydrogen-bond acceptors (Lipinski definition) is 4. The molecule has 1 aromatic rings. The second kappa shape index (κ2) is 7.62. The third kappa shape index (κ3) is 4.59. The number of nitrogens with zero attached hydrogens (tertiary/aromatic N) is 1. The molecule has 0 saturated carbocycles. The summed E-state index contributed by atoms with van der Waals surface area (Å²) < 4.78 is 26.9. The van der Waals surface area contributed by atoms with E-state index in [1.165, 1.54) is 0 Å². The van der Waals surface area contributed by atoms with Gasteiger partial charge in [0, 0.05) is 24.3 Å². The van der Waals surface area contributed by atoms with Gasteiger partial charge in [-0.15, -0.1) is 0 Å². The molecule has 0 aliphatic rings. The zero-order valence-electron chi connectivity index (χ0n) is 11.9. The summed E-state index contributed by atoms with van der Waals surface area (Å²) in [5.41, 5.74) is 1.48. The number of nitrogens with one attached hydrogen (secondary N) is 3. The average Bonchev–Trinajstić information content (AvgIpc) is 2.72. The van der Waals surface area contributed by atoms with Gasteiger partial charge < -0.3 is 5.32 Å². The van der Waals surface area contributed by atoms with Crippen LogP contribution in [0.5, 0.6) is 0 Å². The quantitative estimate of drug-likeness (QED) is 0.598. The molecule has 0 radical (unpaired) electrons. The van der Waals surface area contributed by atoms with E-state index in [1.54, 1.807) is 7.05 Å². The second-order valence-corrected chi connectivity index (χ2v) is 6.30. The molecule has 6 nitrogen and oxygen atoms in total. The van der Waals surface area contributed by atoms with Crippen molar-refractivity contribution in [3.05, 3.63) is 11.3 Å². The van der Waals surface area contributed by atoms with Crippen LogP contribution < -0.4 is 10.0 Å². The van der Waals surface area contributed by atoms with Crippen molar-refractivity contribution in [3.8, 4) is 0 Å². The molecule has 1 rings (SSSR count). The van der Waals surface area contributed by atoms with E-state index in [4.69, 9.17) is 0 Å². The van der Waals surface area contributed by atoms with Gasteiger partial charge >= 0.3 is 0 Å². The molecule has 0 aliphatic heterocycles. The van der Waals surface area contributed by atoms with E-state index in [-0.39, 0.29) is 5.03 Å². The first kappa shape index (κ1) is 16.1. The van der Waals surface area contributed by atoms with E-state index in [9.17, 15) is 8.42 Å². The topological polar surface area (TPSA) is 86.9 Å². The number of rotatable bonds is 9. The Morgan fingerprint density at radius 1 is 1.26 bits per heavy atom. The summed E-state index contributed by atoms with van der Waals surface area (Å²) in [6.07, 6.45) is 4.17. The molecule has 0 spiro atoms. The highest BCUT2D eigenvalue weighted by molar-refractivity contribution is 7.89. The fourth-order valence-electron chi connectivity index (χ4n) is 1.86. The molecular weight excluding hydrogens is 264 g/mol. The highest BCUT2D eigenvalue weighted by Crippen LogP contribution is 2.15. The first-order valence-electron chi connectivity index (χ1n) is 6.71. The van der Waals surface area contributed by atoms with Gasteiger partial charge in [0.2, 0.25) is 0 Å². The smallest absolute Gasteiger partial charge is 0.260 e. The second-order valence-electron chi connectivity index (χ2n) is 4.62. The molecule has 0 unspecified atom stereocenters. The van der Waals surface area contributed by atoms with Crippen molar-refractivity contribution >= 4 is 10.0 Å². The van der Waals surface area contributed by atoms with E-state index >= 15 is 0 Å². The first-order valence-corrected chi connectivity index (χ1v) is 8.19. The standard InChI is InChI=1S/C12H24N4O2S/c1-4-5-6-7-8-14-19(17,18)12-11(9-13-3)10(2)15-16-12/h13-14H,4-9H2,1-3H3,(H,15,16). The maximum Gasteiger partial charge on any atom is 0.260 e. The summed E-state index contributed by atoms with van der Waals surface area (Å²) >= 11 is 0. The fourth-order valence-corrected chi connectivity index (χ4v) is 3.13. The minimum absolute atomic E-state index is 0.106. The number of aromatic amines is 1. The lowest BCUT2D eigenvalue weighted by Gasteiger charge is -2.06. The predicted molar refractivity (Wildman–Crippen MR) is 75.4 cm³/mol. The fraction of sp³-hybridized carbons (Fsp3) is 0.750. The molecule has 0 atom stereocenters. The molecule has 0 fully saturated rings. The Balaban J connectivity index is 2.66. The Bertz CT molecular complexity index is 482. The van der Waals surface area contributed by atoms with Crippen LogP contribution in [0.3, 0.4) is 0 Å². The van der Waals surface area contributed by atoms with Crippen LogP contribution >= 0.6 is 0 Å². The van der Waals surface area contributed by atoms with Crippen molar-refractivity contribution < 1.29 is 8.42 Å². The maximum absolute atomic E-state index is 12.2. The Kier molecular flexibility index (Phi) is 6.47. The minimum atomic E-state index is -3.51. The third-order valence-corrected chi connectivity index (χ3v) is 4.40. The van der Waals surface area contributed by atoms with Gasteiger partial charge in [-0.25, -0.2) is 13.1 Å². The number of H-pyrrole nitrogens is 1. The summed E-state index contributed by atoms with van der Waals surface area (Å²) in [5.74, 6) is 0. The van der Waals surface area contributed by atoms with Crippen LogP contribution in [0.4, 0.5) is 0 Å². The zero-order chi connectivity index (χ0) is 14.3. The molecule has 0 bridgehead atoms. The third-order valence-electron chi connectivity index (χ3n) is 2.97. The SMILES string of the molecule is CCCCCCNS(=O)(=O)c1n[nH]c(C)c1CNC. The highest BCUT2D eigenvalue weighted by Gasteiger charge is 2.22. The molecule has 0 saturated heterocycles. The van der Waals surface area contributed by atoms with Gasteiger partial charge in [-0.1, -0.05) is 26.2 Å². The van der Waals surface area contributed by atoms with Crippen LogP contribution in [0, 0.1) is 6.92 Å². The van der Waals surface area contributed by atoms with E-state index in [0.717, 1.165) is 31.4 Å². The maximum atomic E-state index is 12.2. The number of sulfonamides is 1. The van der Waals surface area contributed by atoms with E-state index in [0.29, 0.717) is 18.7 Å². The predicted octanol–water partition coefficient (Wildman–Crippen LogP) is 1.30. The Morgan fingerprint density at radius 3 is 2.63 bits per heavy atom. The number of aromatic nitrogens is 2. The summed E-state index contributed by atoms with van der Waals surface area (Å²) in [6.45, 7) is 4.89. The van der Waals surface area contributed by atoms with E-state index in [2.05, 4.69) is 27.2 Å². The van der Waals surface area contributed by atoms with Crippen molar-refractivity contribution in [1.29, 1.82) is 0 Å². The molecule has 0 aromatic carbocycles. The number of aryl methyl sites for hydroxylation is 1. The zero-order valence-corrected chi connectivity index (χ0v) is 12.7. The lowest BCUT2D eigenvalue weighted by molar-refractivity contribution is 0.567. The molecule has 3 N–H and O–H groups in total. The molecular formula is C12H24N4O2S. The van der Waals surface area contributed by atoms with Crippen LogP contribution in [0.2, 0.25) is 0 Å². The van der Waals surface area contributed by atoms with Crippen molar-refractivity contribution in [2.45, 2.75) is 51.1 Å². The molecule has 0 amide bonds. The molecule has 7 heteroatoms. The Morgan fingerprint density at radius 2 is 2.00 bits per heavy atom. The first-order chi connectivity index (χ1) is 9.03. The summed E-state index contributed by atoms with van der Waals surface area (Å²) in [4.78, 5) is 0. The molecule has 19 heavy (non-hydrogen) atoms. The Labute approximate surface area is 115 Å². The van der Waals surface area contributed by atoms with Gasteiger partial charge in [-0.05, 0) is 20.4 Å². The van der Waals surface area contributed by atoms with Crippen LogP contribution in [0.1, 0.15) is 43.9 Å². The van der Waals surface area contributed by atoms with Crippen molar-refractivity contribution in [1.82, 2.24) is 20.2 Å². The average molecular weight is 288 g/mol. The van der Waals surface area contributed by atoms with Crippen LogP contribution in [-0.4, -0.2) is 32.2 Å². The van der Waals surface area contributed by atoms with Crippen molar-refractivity contribution in [2.75, 3.05) is 13.6 Å². The van der Waals surface area contributed by atoms with Gasteiger partial charge in [0.05, 0.1) is 0 Å². The number of unbranched alkanes of at least 4 members (excludes halogenated alkanes) is 3. The largest absolute Gasteiger partial charge is 0.316 e. The normalized spacial score (nSPS) is 11.9. The van der Waals surface area contributed by atoms with Crippen molar-refractivity contribution in [3.63, 3.8) is 0 Å². The number of hydrogen-bond donors (Lipinski definition) is 3. The minimum Gasteiger partial charge on any atom is -0.316 e. The van der Waals surface area contributed by atoms with E-state index in [1.807, 2.05) is 6.92 Å². The molecule has 1 aromatic heterocycles. The van der Waals surface area contributed by atoms with E-state index < -0.39 is 10.0 Å². The summed E-state index contributed by atoms with van der Waals surface area (Å²) in [6, 6.07) is 0. The monoisotopic (exact) mass is 288 g/mol. The van der Waals surface area contributed by atoms with Gasteiger partial charge in [-0.3, -0.25) is 5.10 Å². The van der Waals surface area contributed by atoms with Crippen LogP contribution in [0.25, 0.3) is 0 Å². The van der Waals surface area contributed by atoms with Gasteiger partial charge in [0.25, 0.3) is 10.0 Å². The lowest BCUT2D eigenvalue weighted by Crippen LogP contribution is -2.26. The highest BCUT2D eigenvalue weighted by atomic mass is 32.2. The molecule has 0 aliphatic carbocycles. The van der Waals surface area contributed by atoms with Crippen LogP contribution in [-0.2, 0) is 16.6 Å². The summed E-state index contributed by atoms with van der Waals surface area (Å²) in [7, 11) is -1.73. The van der Waals surface area contributed by atoms with Crippen LogP contribution in [0.15, 0.2) is 5.03 Å². The van der Waals surface area contributed by atoms with Gasteiger partial charge in [0.1, 0.15) is 0 Å². The lowest BCUT2D eigenvalue weighted by atomic mass is 10.2. The summed E-state index contributed by atoms with van der Waals surface area (Å²) in [5, 5.41) is 9.70. The van der Waals surface area contributed by atoms with Gasteiger partial charge in [0.15, 0.2) is 5.03 Å². The van der Waals surface area contributed by atoms with Crippen molar-refractivity contribution in [2.24, 2.45) is 0 Å². The molecule has 110 valence electrons.